The van der Waals surface area contributed by atoms with Gasteiger partial charge in [-0.3, -0.25) is 4.79 Å². The Balaban J connectivity index is 2.53. The molecule has 1 aliphatic rings. The van der Waals surface area contributed by atoms with Gasteiger partial charge in [-0.1, -0.05) is 52.0 Å². The van der Waals surface area contributed by atoms with Gasteiger partial charge in [0, 0.05) is 6.08 Å². The highest BCUT2D eigenvalue weighted by Gasteiger charge is 2.48. The lowest BCUT2D eigenvalue weighted by Crippen LogP contribution is -2.48. The standard InChI is InChI=1S/C23H38O6/c1-5-7-8-9-10-11-12-17-27-22(26)23(29-20(24)6-2)15-13-19(14-16-23)21(25)28-18(3)4/h6,18-19H,2,5,7-17H2,1,3-4H3. The zero-order valence-electron chi connectivity index (χ0n) is 18.4. The highest BCUT2D eigenvalue weighted by molar-refractivity contribution is 5.88. The Morgan fingerprint density at radius 3 is 2.17 bits per heavy atom. The quantitative estimate of drug-likeness (QED) is 0.186. The van der Waals surface area contributed by atoms with E-state index in [0.717, 1.165) is 25.3 Å². The maximum Gasteiger partial charge on any atom is 0.350 e. The van der Waals surface area contributed by atoms with E-state index in [2.05, 4.69) is 13.5 Å². The van der Waals surface area contributed by atoms with Crippen molar-refractivity contribution in [2.75, 3.05) is 6.61 Å². The summed E-state index contributed by atoms with van der Waals surface area (Å²) >= 11 is 0. The van der Waals surface area contributed by atoms with Crippen molar-refractivity contribution in [2.24, 2.45) is 5.92 Å². The molecule has 1 fully saturated rings. The smallest absolute Gasteiger partial charge is 0.350 e. The van der Waals surface area contributed by atoms with Gasteiger partial charge >= 0.3 is 17.9 Å². The minimum atomic E-state index is -1.33. The number of rotatable bonds is 13. The number of carbonyl (C=O) groups excluding carboxylic acids is 3. The van der Waals surface area contributed by atoms with E-state index in [4.69, 9.17) is 14.2 Å². The van der Waals surface area contributed by atoms with Gasteiger partial charge in [0.1, 0.15) is 0 Å². The van der Waals surface area contributed by atoms with Crippen molar-refractivity contribution in [3.8, 4) is 0 Å². The van der Waals surface area contributed by atoms with Crippen LogP contribution in [0.3, 0.4) is 0 Å². The second-order valence-electron chi connectivity index (χ2n) is 8.14. The summed E-state index contributed by atoms with van der Waals surface area (Å²) in [5.41, 5.74) is -1.33. The molecule has 0 atom stereocenters. The predicted octanol–water partition coefficient (Wildman–Crippen LogP) is 4.89. The number of esters is 3. The molecule has 0 aromatic rings. The molecule has 6 nitrogen and oxygen atoms in total. The van der Waals surface area contributed by atoms with Gasteiger partial charge in [-0.25, -0.2) is 9.59 Å². The monoisotopic (exact) mass is 410 g/mol. The first-order chi connectivity index (χ1) is 13.8. The molecule has 0 aliphatic heterocycles. The molecule has 0 radical (unpaired) electrons. The van der Waals surface area contributed by atoms with Gasteiger partial charge in [-0.05, 0) is 46.0 Å². The second kappa shape index (κ2) is 13.4. The summed E-state index contributed by atoms with van der Waals surface area (Å²) in [6, 6.07) is 0. The topological polar surface area (TPSA) is 78.9 Å². The van der Waals surface area contributed by atoms with E-state index in [1.165, 1.54) is 25.7 Å². The summed E-state index contributed by atoms with van der Waals surface area (Å²) in [6.07, 6.45) is 10.1. The molecule has 1 saturated carbocycles. The Labute approximate surface area is 175 Å². The van der Waals surface area contributed by atoms with Crippen molar-refractivity contribution >= 4 is 17.9 Å². The van der Waals surface area contributed by atoms with E-state index in [9.17, 15) is 14.4 Å². The second-order valence-corrected chi connectivity index (χ2v) is 8.14. The molecule has 29 heavy (non-hydrogen) atoms. The van der Waals surface area contributed by atoms with Gasteiger partial charge < -0.3 is 14.2 Å². The molecule has 0 bridgehead atoms. The van der Waals surface area contributed by atoms with Crippen LogP contribution in [-0.2, 0) is 28.6 Å². The van der Waals surface area contributed by atoms with Crippen LogP contribution in [0.2, 0.25) is 0 Å². The molecule has 0 heterocycles. The van der Waals surface area contributed by atoms with Crippen LogP contribution in [0.4, 0.5) is 0 Å². The third kappa shape index (κ3) is 9.01. The third-order valence-corrected chi connectivity index (χ3v) is 5.29. The van der Waals surface area contributed by atoms with Crippen LogP contribution in [0.15, 0.2) is 12.7 Å². The van der Waals surface area contributed by atoms with Crippen molar-refractivity contribution in [1.29, 1.82) is 0 Å². The van der Waals surface area contributed by atoms with Crippen LogP contribution < -0.4 is 0 Å². The molecular formula is C23H38O6. The third-order valence-electron chi connectivity index (χ3n) is 5.29. The van der Waals surface area contributed by atoms with Crippen LogP contribution >= 0.6 is 0 Å². The highest BCUT2D eigenvalue weighted by Crippen LogP contribution is 2.37. The summed E-state index contributed by atoms with van der Waals surface area (Å²) in [6.45, 7) is 9.52. The lowest BCUT2D eigenvalue weighted by molar-refractivity contribution is -0.186. The summed E-state index contributed by atoms with van der Waals surface area (Å²) in [5, 5.41) is 0. The van der Waals surface area contributed by atoms with Gasteiger partial charge in [0.05, 0.1) is 18.6 Å². The molecule has 0 amide bonds. The van der Waals surface area contributed by atoms with Crippen LogP contribution in [-0.4, -0.2) is 36.2 Å². The van der Waals surface area contributed by atoms with E-state index >= 15 is 0 Å². The Bertz CT molecular complexity index is 531. The lowest BCUT2D eigenvalue weighted by atomic mass is 9.78. The number of hydrogen-bond donors (Lipinski definition) is 0. The first-order valence-corrected chi connectivity index (χ1v) is 11.1. The average molecular weight is 411 g/mol. The Morgan fingerprint density at radius 1 is 1.03 bits per heavy atom. The fourth-order valence-electron chi connectivity index (χ4n) is 3.59. The zero-order chi connectivity index (χ0) is 21.7. The molecular weight excluding hydrogens is 372 g/mol. The fourth-order valence-corrected chi connectivity index (χ4v) is 3.59. The van der Waals surface area contributed by atoms with Gasteiger partial charge in [0.2, 0.25) is 5.60 Å². The lowest BCUT2D eigenvalue weighted by Gasteiger charge is -2.36. The van der Waals surface area contributed by atoms with Crippen LogP contribution in [0.1, 0.15) is 91.4 Å². The normalized spacial score (nSPS) is 21.4. The van der Waals surface area contributed by atoms with E-state index in [1.807, 2.05) is 0 Å². The van der Waals surface area contributed by atoms with Crippen LogP contribution in [0.25, 0.3) is 0 Å². The van der Waals surface area contributed by atoms with Crippen molar-refractivity contribution < 1.29 is 28.6 Å². The largest absolute Gasteiger partial charge is 0.463 e. The van der Waals surface area contributed by atoms with Gasteiger partial charge in [0.15, 0.2) is 0 Å². The Morgan fingerprint density at radius 2 is 1.62 bits per heavy atom. The van der Waals surface area contributed by atoms with E-state index in [-0.39, 0.29) is 30.8 Å². The predicted molar refractivity (Wildman–Crippen MR) is 111 cm³/mol. The summed E-state index contributed by atoms with van der Waals surface area (Å²) in [4.78, 5) is 36.7. The molecule has 166 valence electrons. The molecule has 1 aliphatic carbocycles. The molecule has 0 N–H and O–H groups in total. The van der Waals surface area contributed by atoms with Crippen molar-refractivity contribution in [2.45, 2.75) is 103 Å². The van der Waals surface area contributed by atoms with Crippen LogP contribution in [0.5, 0.6) is 0 Å². The average Bonchev–Trinajstić information content (AvgIpc) is 2.69. The van der Waals surface area contributed by atoms with E-state index < -0.39 is 17.5 Å². The van der Waals surface area contributed by atoms with Crippen LogP contribution in [0, 0.1) is 5.92 Å². The van der Waals surface area contributed by atoms with E-state index in [1.54, 1.807) is 13.8 Å². The maximum absolute atomic E-state index is 12.7. The minimum absolute atomic E-state index is 0.181. The summed E-state index contributed by atoms with van der Waals surface area (Å²) in [5.74, 6) is -1.72. The number of ether oxygens (including phenoxy) is 3. The molecule has 6 heteroatoms. The molecule has 0 aromatic heterocycles. The zero-order valence-corrected chi connectivity index (χ0v) is 18.4. The molecule has 1 rings (SSSR count). The molecule has 0 spiro atoms. The van der Waals surface area contributed by atoms with Crippen molar-refractivity contribution in [3.05, 3.63) is 12.7 Å². The maximum atomic E-state index is 12.7. The highest BCUT2D eigenvalue weighted by atomic mass is 16.6. The van der Waals surface area contributed by atoms with Crippen molar-refractivity contribution in [3.63, 3.8) is 0 Å². The first kappa shape index (κ1) is 25.2. The van der Waals surface area contributed by atoms with Gasteiger partial charge in [0.25, 0.3) is 0 Å². The number of hydrogen-bond acceptors (Lipinski definition) is 6. The molecule has 0 unspecified atom stereocenters. The Kier molecular flexibility index (Phi) is 11.6. The van der Waals surface area contributed by atoms with E-state index in [0.29, 0.717) is 19.4 Å². The summed E-state index contributed by atoms with van der Waals surface area (Å²) < 4.78 is 16.2. The molecule has 0 saturated heterocycles. The number of carbonyl (C=O) groups is 3. The Hall–Kier alpha value is -1.85. The van der Waals surface area contributed by atoms with Gasteiger partial charge in [-0.2, -0.15) is 0 Å². The van der Waals surface area contributed by atoms with Gasteiger partial charge in [-0.15, -0.1) is 0 Å². The number of unbranched alkanes of at least 4 members (excludes halogenated alkanes) is 6. The first-order valence-electron chi connectivity index (χ1n) is 11.1. The summed E-state index contributed by atoms with van der Waals surface area (Å²) in [7, 11) is 0. The molecule has 0 aromatic carbocycles. The fraction of sp³-hybridized carbons (Fsp3) is 0.783. The minimum Gasteiger partial charge on any atom is -0.463 e. The van der Waals surface area contributed by atoms with Crippen molar-refractivity contribution in [1.82, 2.24) is 0 Å². The SMILES string of the molecule is C=CC(=O)OC1(C(=O)OCCCCCCCCC)CCC(C(=O)OC(C)C)CC1.